The molecule has 1 rings (SSSR count). The number of nitrogens with two attached hydrogens (primary N) is 2. The van der Waals surface area contributed by atoms with Crippen LogP contribution in [0.25, 0.3) is 0 Å². The molecule has 0 aliphatic carbocycles. The first-order chi connectivity index (χ1) is 6.95. The fourth-order valence-electron chi connectivity index (χ4n) is 1.21. The minimum absolute atomic E-state index is 0.138. The Bertz CT molecular complexity index is 417. The van der Waals surface area contributed by atoms with Gasteiger partial charge in [0.15, 0.2) is 5.11 Å². The number of hydrogen-bond donors (Lipinski definition) is 2. The van der Waals surface area contributed by atoms with E-state index in [-0.39, 0.29) is 11.0 Å². The van der Waals surface area contributed by atoms with Crippen LogP contribution in [0.3, 0.4) is 0 Å². The molecule has 15 heavy (non-hydrogen) atoms. The van der Waals surface area contributed by atoms with Crippen molar-refractivity contribution in [1.29, 1.82) is 0 Å². The summed E-state index contributed by atoms with van der Waals surface area (Å²) >= 11 is 4.63. The van der Waals surface area contributed by atoms with E-state index in [1.165, 1.54) is 0 Å². The molecule has 0 bridgehead atoms. The van der Waals surface area contributed by atoms with E-state index < -0.39 is 0 Å². The van der Waals surface area contributed by atoms with E-state index >= 15 is 0 Å². The van der Waals surface area contributed by atoms with Crippen LogP contribution in [0.1, 0.15) is 21.5 Å². The van der Waals surface area contributed by atoms with Gasteiger partial charge in [-0.15, -0.1) is 0 Å². The van der Waals surface area contributed by atoms with E-state index in [4.69, 9.17) is 11.6 Å². The summed E-state index contributed by atoms with van der Waals surface area (Å²) in [6, 6.07) is 5.42. The SMILES string of the molecule is Cc1cccc(C(=O)N(N)C(N)=S)c1C. The highest BCUT2D eigenvalue weighted by atomic mass is 32.1. The maximum atomic E-state index is 11.8. The van der Waals surface area contributed by atoms with Gasteiger partial charge in [0, 0.05) is 5.56 Å². The van der Waals surface area contributed by atoms with Gasteiger partial charge in [-0.1, -0.05) is 12.1 Å². The topological polar surface area (TPSA) is 72.3 Å². The van der Waals surface area contributed by atoms with Crippen LogP contribution < -0.4 is 11.6 Å². The molecule has 0 fully saturated rings. The normalized spacial score (nSPS) is 9.80. The van der Waals surface area contributed by atoms with Crippen LogP contribution in [0.15, 0.2) is 18.2 Å². The monoisotopic (exact) mass is 223 g/mol. The predicted octanol–water partition coefficient (Wildman–Crippen LogP) is 0.863. The zero-order valence-corrected chi connectivity index (χ0v) is 9.47. The molecule has 4 N–H and O–H groups in total. The summed E-state index contributed by atoms with van der Waals surface area (Å²) in [6.07, 6.45) is 0. The number of aryl methyl sites for hydroxylation is 1. The lowest BCUT2D eigenvalue weighted by Gasteiger charge is -2.16. The van der Waals surface area contributed by atoms with Gasteiger partial charge in [-0.3, -0.25) is 4.79 Å². The van der Waals surface area contributed by atoms with Gasteiger partial charge in [0.25, 0.3) is 5.91 Å². The molecule has 0 spiro atoms. The number of rotatable bonds is 1. The number of carbonyl (C=O) groups is 1. The highest BCUT2D eigenvalue weighted by Crippen LogP contribution is 2.13. The molecule has 1 aromatic carbocycles. The number of hydrazine groups is 1. The maximum Gasteiger partial charge on any atom is 0.274 e. The van der Waals surface area contributed by atoms with Crippen molar-refractivity contribution in [2.45, 2.75) is 13.8 Å². The average Bonchev–Trinajstić information content (AvgIpc) is 2.20. The van der Waals surface area contributed by atoms with Crippen molar-refractivity contribution in [3.05, 3.63) is 34.9 Å². The fourth-order valence-corrected chi connectivity index (χ4v) is 1.30. The molecule has 4 nitrogen and oxygen atoms in total. The van der Waals surface area contributed by atoms with Crippen molar-refractivity contribution in [2.24, 2.45) is 11.6 Å². The molecule has 5 heteroatoms. The molecule has 0 unspecified atom stereocenters. The second-order valence-electron chi connectivity index (χ2n) is 3.26. The summed E-state index contributed by atoms with van der Waals surface area (Å²) in [6.45, 7) is 3.78. The van der Waals surface area contributed by atoms with Crippen LogP contribution in [0.4, 0.5) is 0 Å². The van der Waals surface area contributed by atoms with E-state index in [1.807, 2.05) is 19.9 Å². The number of thiocarbonyl (C=S) groups is 1. The quantitative estimate of drug-likeness (QED) is 0.320. The highest BCUT2D eigenvalue weighted by Gasteiger charge is 2.16. The van der Waals surface area contributed by atoms with Crippen molar-refractivity contribution in [3.8, 4) is 0 Å². The molecule has 0 aliphatic rings. The molecule has 1 aromatic rings. The lowest BCUT2D eigenvalue weighted by atomic mass is 10.0. The smallest absolute Gasteiger partial charge is 0.274 e. The highest BCUT2D eigenvalue weighted by molar-refractivity contribution is 7.80. The van der Waals surface area contributed by atoms with Crippen LogP contribution >= 0.6 is 12.2 Å². The van der Waals surface area contributed by atoms with Gasteiger partial charge in [0.05, 0.1) is 0 Å². The van der Waals surface area contributed by atoms with Gasteiger partial charge in [0.2, 0.25) is 0 Å². The second kappa shape index (κ2) is 4.37. The third-order valence-corrected chi connectivity index (χ3v) is 2.49. The number of hydrogen-bond acceptors (Lipinski definition) is 3. The third-order valence-electron chi connectivity index (χ3n) is 2.29. The lowest BCUT2D eigenvalue weighted by Crippen LogP contribution is -2.45. The lowest BCUT2D eigenvalue weighted by molar-refractivity contribution is 0.0847. The van der Waals surface area contributed by atoms with E-state index in [0.29, 0.717) is 5.56 Å². The molecule has 0 aliphatic heterocycles. The van der Waals surface area contributed by atoms with Crippen LogP contribution in [-0.2, 0) is 0 Å². The third kappa shape index (κ3) is 2.31. The van der Waals surface area contributed by atoms with E-state index in [1.54, 1.807) is 12.1 Å². The van der Waals surface area contributed by atoms with Crippen LogP contribution in [0.2, 0.25) is 0 Å². The summed E-state index contributed by atoms with van der Waals surface area (Å²) in [7, 11) is 0. The Morgan fingerprint density at radius 1 is 1.40 bits per heavy atom. The van der Waals surface area contributed by atoms with Gasteiger partial charge in [-0.25, -0.2) is 10.9 Å². The fraction of sp³-hybridized carbons (Fsp3) is 0.200. The summed E-state index contributed by atoms with van der Waals surface area (Å²) in [5, 5.41) is 0.637. The second-order valence-corrected chi connectivity index (χ2v) is 3.68. The minimum atomic E-state index is -0.385. The van der Waals surface area contributed by atoms with Gasteiger partial charge in [-0.05, 0) is 43.3 Å². The minimum Gasteiger partial charge on any atom is -0.375 e. The van der Waals surface area contributed by atoms with Crippen molar-refractivity contribution in [3.63, 3.8) is 0 Å². The summed E-state index contributed by atoms with van der Waals surface area (Å²) in [4.78, 5) is 11.8. The first-order valence-corrected chi connectivity index (χ1v) is 4.80. The molecular weight excluding hydrogens is 210 g/mol. The Labute approximate surface area is 93.8 Å². The van der Waals surface area contributed by atoms with Gasteiger partial charge < -0.3 is 5.73 Å². The van der Waals surface area contributed by atoms with Crippen molar-refractivity contribution >= 4 is 23.2 Å². The Morgan fingerprint density at radius 2 is 2.00 bits per heavy atom. The molecule has 80 valence electrons. The average molecular weight is 223 g/mol. The van der Waals surface area contributed by atoms with E-state index in [0.717, 1.165) is 16.1 Å². The molecule has 0 saturated heterocycles. The van der Waals surface area contributed by atoms with E-state index in [2.05, 4.69) is 12.2 Å². The number of carbonyl (C=O) groups excluding carboxylic acids is 1. The van der Waals surface area contributed by atoms with Crippen molar-refractivity contribution < 1.29 is 4.79 Å². The van der Waals surface area contributed by atoms with Crippen molar-refractivity contribution in [1.82, 2.24) is 5.01 Å². The zero-order valence-electron chi connectivity index (χ0n) is 8.65. The van der Waals surface area contributed by atoms with Crippen molar-refractivity contribution in [2.75, 3.05) is 0 Å². The molecule has 0 atom stereocenters. The Kier molecular flexibility index (Phi) is 3.39. The Hall–Kier alpha value is -1.46. The number of nitrogens with zero attached hydrogens (tertiary/aromatic N) is 1. The standard InChI is InChI=1S/C10H13N3OS/c1-6-4-3-5-8(7(6)2)9(14)13(12)10(11)15/h3-5H,12H2,1-2H3,(H2,11,15). The van der Waals surface area contributed by atoms with Gasteiger partial charge >= 0.3 is 0 Å². The van der Waals surface area contributed by atoms with Crippen LogP contribution in [0, 0.1) is 13.8 Å². The Morgan fingerprint density at radius 3 is 2.53 bits per heavy atom. The summed E-state index contributed by atoms with van der Waals surface area (Å²) in [5.74, 6) is 5.04. The summed E-state index contributed by atoms with van der Waals surface area (Å²) < 4.78 is 0. The zero-order chi connectivity index (χ0) is 11.6. The Balaban J connectivity index is 3.12. The molecule has 0 aromatic heterocycles. The molecule has 0 heterocycles. The largest absolute Gasteiger partial charge is 0.375 e. The molecular formula is C10H13N3OS. The first kappa shape index (κ1) is 11.6. The summed E-state index contributed by atoms with van der Waals surface area (Å²) in [5.41, 5.74) is 7.70. The van der Waals surface area contributed by atoms with E-state index in [9.17, 15) is 4.79 Å². The van der Waals surface area contributed by atoms with Gasteiger partial charge in [0.1, 0.15) is 0 Å². The predicted molar refractivity (Wildman–Crippen MR) is 63.1 cm³/mol. The number of amides is 1. The van der Waals surface area contributed by atoms with Crippen LogP contribution in [0.5, 0.6) is 0 Å². The van der Waals surface area contributed by atoms with Crippen LogP contribution in [-0.4, -0.2) is 16.0 Å². The maximum absolute atomic E-state index is 11.8. The molecule has 0 saturated carbocycles. The molecule has 1 amide bonds. The first-order valence-electron chi connectivity index (χ1n) is 4.40. The molecule has 0 radical (unpaired) electrons. The van der Waals surface area contributed by atoms with Gasteiger partial charge in [-0.2, -0.15) is 0 Å². The number of benzene rings is 1.